The third-order valence-electron chi connectivity index (χ3n) is 4.29. The number of carbonyl (C=O) groups is 4. The third kappa shape index (κ3) is 3.08. The second kappa shape index (κ2) is 7.61. The van der Waals surface area contributed by atoms with Crippen LogP contribution in [-0.2, 0) is 19.8 Å². The van der Waals surface area contributed by atoms with Gasteiger partial charge in [-0.25, -0.2) is 4.79 Å². The van der Waals surface area contributed by atoms with Gasteiger partial charge >= 0.3 is 6.03 Å². The molecule has 2 rings (SSSR count). The first kappa shape index (κ1) is 18.2. The van der Waals surface area contributed by atoms with Crippen molar-refractivity contribution in [2.24, 2.45) is 0 Å². The first-order chi connectivity index (χ1) is 11.5. The Morgan fingerprint density at radius 2 is 1.92 bits per heavy atom. The molecule has 2 atom stereocenters. The van der Waals surface area contributed by atoms with E-state index >= 15 is 0 Å². The highest BCUT2D eigenvalue weighted by atomic mass is 32.1. The molecule has 1 fully saturated rings. The molecule has 1 N–H and O–H groups in total. The SMILES string of the molecule is CC[C@@]1(c2ccccc2)C(=O)NC(=O)N(C(S)CCCC=O)C1=O. The summed E-state index contributed by atoms with van der Waals surface area (Å²) in [5.74, 6) is -1.19. The van der Waals surface area contributed by atoms with Crippen LogP contribution in [0.3, 0.4) is 0 Å². The maximum absolute atomic E-state index is 13.1. The molecule has 128 valence electrons. The van der Waals surface area contributed by atoms with Gasteiger partial charge in [-0.15, -0.1) is 0 Å². The van der Waals surface area contributed by atoms with Gasteiger partial charge in [0.2, 0.25) is 5.91 Å². The van der Waals surface area contributed by atoms with Gasteiger partial charge in [0, 0.05) is 6.42 Å². The zero-order valence-electron chi connectivity index (χ0n) is 13.4. The summed E-state index contributed by atoms with van der Waals surface area (Å²) in [5, 5.41) is 1.59. The molecule has 0 aliphatic carbocycles. The number of unbranched alkanes of at least 4 members (excludes halogenated alkanes) is 1. The Kier molecular flexibility index (Phi) is 5.77. The molecule has 1 unspecified atom stereocenters. The minimum atomic E-state index is -1.44. The second-order valence-corrected chi connectivity index (χ2v) is 6.23. The average Bonchev–Trinajstić information content (AvgIpc) is 2.56. The summed E-state index contributed by atoms with van der Waals surface area (Å²) in [5.41, 5.74) is -0.901. The van der Waals surface area contributed by atoms with Crippen molar-refractivity contribution >= 4 is 36.8 Å². The van der Waals surface area contributed by atoms with Gasteiger partial charge < -0.3 is 4.79 Å². The van der Waals surface area contributed by atoms with Gasteiger partial charge in [0.25, 0.3) is 5.91 Å². The monoisotopic (exact) mass is 348 g/mol. The minimum absolute atomic E-state index is 0.223. The van der Waals surface area contributed by atoms with Crippen LogP contribution in [0.2, 0.25) is 0 Å². The van der Waals surface area contributed by atoms with Crippen LogP contribution in [0.4, 0.5) is 4.79 Å². The lowest BCUT2D eigenvalue weighted by molar-refractivity contribution is -0.146. The van der Waals surface area contributed by atoms with Gasteiger partial charge in [-0.05, 0) is 24.8 Å². The first-order valence-corrected chi connectivity index (χ1v) is 8.37. The van der Waals surface area contributed by atoms with Crippen LogP contribution in [-0.4, -0.2) is 34.4 Å². The van der Waals surface area contributed by atoms with Crippen LogP contribution in [0.15, 0.2) is 30.3 Å². The number of urea groups is 1. The Hall–Kier alpha value is -2.15. The summed E-state index contributed by atoms with van der Waals surface area (Å²) in [7, 11) is 0. The van der Waals surface area contributed by atoms with Crippen LogP contribution < -0.4 is 5.32 Å². The van der Waals surface area contributed by atoms with Crippen LogP contribution in [0.5, 0.6) is 0 Å². The fourth-order valence-corrected chi connectivity index (χ4v) is 3.33. The van der Waals surface area contributed by atoms with Gasteiger partial charge in [0.15, 0.2) is 5.41 Å². The third-order valence-corrected chi connectivity index (χ3v) is 4.78. The highest BCUT2D eigenvalue weighted by Crippen LogP contribution is 2.35. The van der Waals surface area contributed by atoms with E-state index in [2.05, 4.69) is 17.9 Å². The summed E-state index contributed by atoms with van der Waals surface area (Å²) in [6.45, 7) is 1.73. The van der Waals surface area contributed by atoms with E-state index in [0.717, 1.165) is 11.2 Å². The molecule has 0 bridgehead atoms. The number of benzene rings is 1. The molecular formula is C17H20N2O4S. The van der Waals surface area contributed by atoms with Crippen LogP contribution in [0.1, 0.15) is 38.2 Å². The van der Waals surface area contributed by atoms with E-state index in [1.165, 1.54) is 0 Å². The zero-order chi connectivity index (χ0) is 17.7. The molecule has 24 heavy (non-hydrogen) atoms. The number of hydrogen-bond acceptors (Lipinski definition) is 5. The number of nitrogens with zero attached hydrogens (tertiary/aromatic N) is 1. The molecule has 0 spiro atoms. The van der Waals surface area contributed by atoms with Crippen molar-refractivity contribution in [1.29, 1.82) is 0 Å². The Morgan fingerprint density at radius 1 is 1.25 bits per heavy atom. The predicted molar refractivity (Wildman–Crippen MR) is 91.5 cm³/mol. The van der Waals surface area contributed by atoms with Gasteiger partial charge in [-0.2, -0.15) is 12.6 Å². The molecule has 1 aromatic carbocycles. The van der Waals surface area contributed by atoms with Crippen molar-refractivity contribution in [3.05, 3.63) is 35.9 Å². The molecule has 1 heterocycles. The Bertz CT molecular complexity index is 649. The molecule has 1 saturated heterocycles. The maximum atomic E-state index is 13.1. The summed E-state index contributed by atoms with van der Waals surface area (Å²) in [6.07, 6.45) is 2.22. The molecule has 7 heteroatoms. The van der Waals surface area contributed by atoms with E-state index in [0.29, 0.717) is 24.8 Å². The van der Waals surface area contributed by atoms with Crippen molar-refractivity contribution in [2.75, 3.05) is 0 Å². The lowest BCUT2D eigenvalue weighted by Crippen LogP contribution is -2.67. The topological polar surface area (TPSA) is 83.6 Å². The largest absolute Gasteiger partial charge is 0.331 e. The highest BCUT2D eigenvalue weighted by Gasteiger charge is 2.54. The lowest BCUT2D eigenvalue weighted by atomic mass is 9.74. The number of aldehydes is 1. The van der Waals surface area contributed by atoms with Gasteiger partial charge in [0.05, 0.1) is 5.37 Å². The fourth-order valence-electron chi connectivity index (χ4n) is 2.94. The number of nitrogens with one attached hydrogen (secondary N) is 1. The molecule has 1 aliphatic rings. The summed E-state index contributed by atoms with van der Waals surface area (Å²) >= 11 is 4.34. The number of imide groups is 2. The lowest BCUT2D eigenvalue weighted by Gasteiger charge is -2.41. The Balaban J connectivity index is 2.38. The van der Waals surface area contributed by atoms with Crippen molar-refractivity contribution in [1.82, 2.24) is 10.2 Å². The first-order valence-electron chi connectivity index (χ1n) is 7.85. The van der Waals surface area contributed by atoms with E-state index < -0.39 is 28.6 Å². The standard InChI is InChI=1S/C17H20N2O4S/c1-2-17(12-8-4-3-5-9-12)14(21)18-16(23)19(15(17)22)13(24)10-6-7-11-20/h3-5,8-9,11,13,24H,2,6-7,10H2,1H3,(H,18,21,23)/t13?,17-/m1/s1. The molecular weight excluding hydrogens is 328 g/mol. The van der Waals surface area contributed by atoms with E-state index in [4.69, 9.17) is 0 Å². The average molecular weight is 348 g/mol. The van der Waals surface area contributed by atoms with E-state index in [1.807, 2.05) is 0 Å². The summed E-state index contributed by atoms with van der Waals surface area (Å²) in [6, 6.07) is 7.93. The quantitative estimate of drug-likeness (QED) is 0.342. The number of rotatable bonds is 7. The van der Waals surface area contributed by atoms with Crippen molar-refractivity contribution in [3.63, 3.8) is 0 Å². The number of hydrogen-bond donors (Lipinski definition) is 2. The van der Waals surface area contributed by atoms with E-state index in [-0.39, 0.29) is 6.42 Å². The molecule has 0 aromatic heterocycles. The molecule has 4 amide bonds. The molecule has 1 aromatic rings. The van der Waals surface area contributed by atoms with Gasteiger partial charge in [0.1, 0.15) is 6.29 Å². The van der Waals surface area contributed by atoms with Crippen LogP contribution in [0.25, 0.3) is 0 Å². The van der Waals surface area contributed by atoms with Crippen molar-refractivity contribution < 1.29 is 19.2 Å². The summed E-state index contributed by atoms with van der Waals surface area (Å²) < 4.78 is 0. The van der Waals surface area contributed by atoms with Gasteiger partial charge in [-0.3, -0.25) is 19.8 Å². The molecule has 1 aliphatic heterocycles. The smallest absolute Gasteiger partial charge is 0.303 e. The van der Waals surface area contributed by atoms with Crippen LogP contribution in [0, 0.1) is 0 Å². The zero-order valence-corrected chi connectivity index (χ0v) is 14.3. The Labute approximate surface area is 146 Å². The maximum Gasteiger partial charge on any atom is 0.331 e. The number of barbiturate groups is 1. The molecule has 0 radical (unpaired) electrons. The highest BCUT2D eigenvalue weighted by molar-refractivity contribution is 7.80. The molecule has 6 nitrogen and oxygen atoms in total. The normalized spacial score (nSPS) is 22.2. The predicted octanol–water partition coefficient (Wildman–Crippen LogP) is 2.04. The minimum Gasteiger partial charge on any atom is -0.303 e. The summed E-state index contributed by atoms with van der Waals surface area (Å²) in [4.78, 5) is 49.3. The van der Waals surface area contributed by atoms with Crippen LogP contribution >= 0.6 is 12.6 Å². The number of thiol groups is 1. The second-order valence-electron chi connectivity index (χ2n) is 5.64. The molecule has 0 saturated carbocycles. The number of carbonyl (C=O) groups excluding carboxylic acids is 4. The number of amides is 4. The van der Waals surface area contributed by atoms with E-state index in [9.17, 15) is 19.2 Å². The van der Waals surface area contributed by atoms with E-state index in [1.54, 1.807) is 37.3 Å². The Morgan fingerprint density at radius 3 is 2.50 bits per heavy atom. The fraction of sp³-hybridized carbons (Fsp3) is 0.412. The van der Waals surface area contributed by atoms with Crippen molar-refractivity contribution in [3.8, 4) is 0 Å². The van der Waals surface area contributed by atoms with Crippen molar-refractivity contribution in [2.45, 2.75) is 43.4 Å². The van der Waals surface area contributed by atoms with Gasteiger partial charge in [-0.1, -0.05) is 37.3 Å².